The summed E-state index contributed by atoms with van der Waals surface area (Å²) in [5.41, 5.74) is 7.88. The lowest BCUT2D eigenvalue weighted by atomic mass is 9.73. The third-order valence-corrected chi connectivity index (χ3v) is 4.55. The molecule has 0 bridgehead atoms. The van der Waals surface area contributed by atoms with Gasteiger partial charge in [-0.3, -0.25) is 0 Å². The molecule has 0 radical (unpaired) electrons. The van der Waals surface area contributed by atoms with Crippen LogP contribution in [0.4, 0.5) is 11.4 Å². The number of hydrogen-bond donors (Lipinski definition) is 1. The second-order valence-electron chi connectivity index (χ2n) is 5.51. The van der Waals surface area contributed by atoms with Gasteiger partial charge in [-0.25, -0.2) is 0 Å². The van der Waals surface area contributed by atoms with E-state index in [-0.39, 0.29) is 0 Å². The molecule has 0 amide bonds. The van der Waals surface area contributed by atoms with E-state index in [4.69, 9.17) is 26.8 Å². The fourth-order valence-corrected chi connectivity index (χ4v) is 3.32. The van der Waals surface area contributed by atoms with Crippen LogP contribution in [-0.2, 0) is 4.74 Å². The van der Waals surface area contributed by atoms with Crippen LogP contribution in [0.3, 0.4) is 0 Å². The summed E-state index contributed by atoms with van der Waals surface area (Å²) in [7, 11) is 1.62. The highest BCUT2D eigenvalue weighted by atomic mass is 35.5. The monoisotopic (exact) mass is 282 g/mol. The van der Waals surface area contributed by atoms with E-state index in [1.54, 1.807) is 13.2 Å². The zero-order chi connectivity index (χ0) is 13.5. The molecule has 0 saturated carbocycles. The number of nitrogens with two attached hydrogens (primary N) is 1. The quantitative estimate of drug-likeness (QED) is 0.847. The Kier molecular flexibility index (Phi) is 3.23. The van der Waals surface area contributed by atoms with Crippen molar-refractivity contribution in [3.05, 3.63) is 17.2 Å². The maximum atomic E-state index is 6.29. The van der Waals surface area contributed by atoms with E-state index in [0.717, 1.165) is 44.8 Å². The van der Waals surface area contributed by atoms with Crippen molar-refractivity contribution in [2.45, 2.75) is 12.8 Å². The Bertz CT molecular complexity index is 479. The Hall–Kier alpha value is -1.13. The SMILES string of the molecule is COc1cc(N2CC3(CCOCC3)C2)c(Cl)cc1N. The molecular formula is C14H19ClN2O2. The number of nitrogen functional groups attached to an aromatic ring is 1. The molecular weight excluding hydrogens is 264 g/mol. The number of methoxy groups -OCH3 is 1. The number of ether oxygens (including phenoxy) is 2. The Morgan fingerprint density at radius 3 is 2.63 bits per heavy atom. The van der Waals surface area contributed by atoms with Gasteiger partial charge in [0.05, 0.1) is 23.5 Å². The summed E-state index contributed by atoms with van der Waals surface area (Å²) >= 11 is 6.29. The van der Waals surface area contributed by atoms with Crippen LogP contribution < -0.4 is 15.4 Å². The van der Waals surface area contributed by atoms with Crippen molar-refractivity contribution in [3.63, 3.8) is 0 Å². The van der Waals surface area contributed by atoms with Gasteiger partial charge in [0, 0.05) is 37.8 Å². The first-order chi connectivity index (χ1) is 9.13. The van der Waals surface area contributed by atoms with E-state index in [1.807, 2.05) is 6.07 Å². The van der Waals surface area contributed by atoms with Gasteiger partial charge in [-0.05, 0) is 18.9 Å². The molecule has 0 unspecified atom stereocenters. The topological polar surface area (TPSA) is 47.7 Å². The molecule has 3 rings (SSSR count). The summed E-state index contributed by atoms with van der Waals surface area (Å²) in [5.74, 6) is 0.687. The predicted molar refractivity (Wildman–Crippen MR) is 77.1 cm³/mol. The molecule has 1 aromatic carbocycles. The highest BCUT2D eigenvalue weighted by Gasteiger charge is 2.44. The van der Waals surface area contributed by atoms with Crippen LogP contribution in [0.1, 0.15) is 12.8 Å². The molecule has 2 saturated heterocycles. The molecule has 0 aliphatic carbocycles. The highest BCUT2D eigenvalue weighted by molar-refractivity contribution is 6.33. The molecule has 0 atom stereocenters. The first kappa shape index (κ1) is 12.9. The van der Waals surface area contributed by atoms with E-state index in [1.165, 1.54) is 0 Å². The molecule has 1 spiro atoms. The fraction of sp³-hybridized carbons (Fsp3) is 0.571. The minimum atomic E-state index is 0.427. The first-order valence-electron chi connectivity index (χ1n) is 6.59. The zero-order valence-corrected chi connectivity index (χ0v) is 11.9. The van der Waals surface area contributed by atoms with E-state index >= 15 is 0 Å². The van der Waals surface area contributed by atoms with Crippen molar-refractivity contribution >= 4 is 23.0 Å². The molecule has 5 heteroatoms. The minimum Gasteiger partial charge on any atom is -0.495 e. The van der Waals surface area contributed by atoms with Crippen LogP contribution in [0.25, 0.3) is 0 Å². The van der Waals surface area contributed by atoms with Crippen molar-refractivity contribution in [2.75, 3.05) is 44.0 Å². The largest absolute Gasteiger partial charge is 0.495 e. The smallest absolute Gasteiger partial charge is 0.143 e. The average Bonchev–Trinajstić information content (AvgIpc) is 2.37. The lowest BCUT2D eigenvalue weighted by Crippen LogP contribution is -2.58. The molecule has 4 nitrogen and oxygen atoms in total. The Morgan fingerprint density at radius 2 is 2.00 bits per heavy atom. The van der Waals surface area contributed by atoms with E-state index < -0.39 is 0 Å². The van der Waals surface area contributed by atoms with Crippen LogP contribution in [0, 0.1) is 5.41 Å². The van der Waals surface area contributed by atoms with Crippen LogP contribution in [0.5, 0.6) is 5.75 Å². The van der Waals surface area contributed by atoms with Crippen LogP contribution in [-0.4, -0.2) is 33.4 Å². The zero-order valence-electron chi connectivity index (χ0n) is 11.1. The van der Waals surface area contributed by atoms with Gasteiger partial charge >= 0.3 is 0 Å². The average molecular weight is 283 g/mol. The Labute approximate surface area is 118 Å². The van der Waals surface area contributed by atoms with Gasteiger partial charge in [0.15, 0.2) is 0 Å². The second-order valence-corrected chi connectivity index (χ2v) is 5.92. The number of anilines is 2. The molecule has 2 heterocycles. The second kappa shape index (κ2) is 4.76. The lowest BCUT2D eigenvalue weighted by Gasteiger charge is -2.53. The van der Waals surface area contributed by atoms with Crippen LogP contribution in [0.2, 0.25) is 5.02 Å². The summed E-state index contributed by atoms with van der Waals surface area (Å²) in [6, 6.07) is 3.70. The van der Waals surface area contributed by atoms with Crippen molar-refractivity contribution < 1.29 is 9.47 Å². The maximum absolute atomic E-state index is 6.29. The van der Waals surface area contributed by atoms with Gasteiger partial charge in [-0.1, -0.05) is 11.6 Å². The summed E-state index contributed by atoms with van der Waals surface area (Å²) in [6.07, 6.45) is 2.29. The van der Waals surface area contributed by atoms with Crippen molar-refractivity contribution in [3.8, 4) is 5.75 Å². The summed E-state index contributed by atoms with van der Waals surface area (Å²) in [5, 5.41) is 0.695. The summed E-state index contributed by atoms with van der Waals surface area (Å²) < 4.78 is 10.7. The molecule has 2 aliphatic rings. The van der Waals surface area contributed by atoms with Crippen molar-refractivity contribution in [1.82, 2.24) is 0 Å². The first-order valence-corrected chi connectivity index (χ1v) is 6.97. The number of benzene rings is 1. The third-order valence-electron chi connectivity index (χ3n) is 4.25. The fourth-order valence-electron chi connectivity index (χ4n) is 3.03. The van der Waals surface area contributed by atoms with Crippen LogP contribution in [0.15, 0.2) is 12.1 Å². The highest BCUT2D eigenvalue weighted by Crippen LogP contribution is 2.45. The Balaban J connectivity index is 1.77. The van der Waals surface area contributed by atoms with Gasteiger partial charge in [0.25, 0.3) is 0 Å². The maximum Gasteiger partial charge on any atom is 0.143 e. The molecule has 104 valence electrons. The van der Waals surface area contributed by atoms with Gasteiger partial charge < -0.3 is 20.1 Å². The number of rotatable bonds is 2. The third kappa shape index (κ3) is 2.23. The lowest BCUT2D eigenvalue weighted by molar-refractivity contribution is -0.000193. The molecule has 19 heavy (non-hydrogen) atoms. The standard InChI is InChI=1S/C14H19ClN2O2/c1-18-13-7-12(10(15)6-11(13)16)17-8-14(9-17)2-4-19-5-3-14/h6-7H,2-5,8-9,16H2,1H3. The number of hydrogen-bond acceptors (Lipinski definition) is 4. The predicted octanol–water partition coefficient (Wildman–Crippen LogP) is 2.55. The Morgan fingerprint density at radius 1 is 1.32 bits per heavy atom. The van der Waals surface area contributed by atoms with Gasteiger partial charge in [-0.2, -0.15) is 0 Å². The summed E-state index contributed by atoms with van der Waals surface area (Å²) in [4.78, 5) is 2.30. The van der Waals surface area contributed by atoms with Gasteiger partial charge in [0.2, 0.25) is 0 Å². The molecule has 2 aliphatic heterocycles. The van der Waals surface area contributed by atoms with Crippen molar-refractivity contribution in [1.29, 1.82) is 0 Å². The summed E-state index contributed by atoms with van der Waals surface area (Å²) in [6.45, 7) is 3.85. The normalized spacial score (nSPS) is 21.3. The molecule has 2 fully saturated rings. The minimum absolute atomic E-state index is 0.427. The van der Waals surface area contributed by atoms with E-state index in [9.17, 15) is 0 Å². The molecule has 0 aromatic heterocycles. The van der Waals surface area contributed by atoms with Gasteiger partial charge in [0.1, 0.15) is 5.75 Å². The molecule has 1 aromatic rings. The van der Waals surface area contributed by atoms with Crippen LogP contribution >= 0.6 is 11.6 Å². The number of nitrogens with zero attached hydrogens (tertiary/aromatic N) is 1. The molecule has 2 N–H and O–H groups in total. The van der Waals surface area contributed by atoms with Crippen molar-refractivity contribution in [2.24, 2.45) is 5.41 Å². The van der Waals surface area contributed by atoms with E-state index in [2.05, 4.69) is 4.90 Å². The number of halogens is 1. The van der Waals surface area contributed by atoms with Gasteiger partial charge in [-0.15, -0.1) is 0 Å². The van der Waals surface area contributed by atoms with E-state index in [0.29, 0.717) is 21.9 Å².